The maximum absolute atomic E-state index is 13.3. The third kappa shape index (κ3) is 4.55. The van der Waals surface area contributed by atoms with Crippen LogP contribution in [0.5, 0.6) is 5.75 Å². The van der Waals surface area contributed by atoms with Gasteiger partial charge in [0.2, 0.25) is 0 Å². The maximum atomic E-state index is 13.3. The summed E-state index contributed by atoms with van der Waals surface area (Å²) in [6, 6.07) is 15.3. The molecule has 0 saturated heterocycles. The molecule has 7 nitrogen and oxygen atoms in total. The Morgan fingerprint density at radius 1 is 1.03 bits per heavy atom. The van der Waals surface area contributed by atoms with Crippen LogP contribution in [-0.4, -0.2) is 46.8 Å². The molecule has 0 spiro atoms. The number of benzene rings is 2. The van der Waals surface area contributed by atoms with E-state index in [1.807, 2.05) is 48.5 Å². The standard InChI is InChI=1S/C27H31N3O4/c1-6-34-26(32)24-22-17-29(25(31)18-7-9-19(10-8-18)27(2,3)4)16-15-23(22)30(28-24)20-11-13-21(33-5)14-12-20/h7-14H,6,15-17H2,1-5H3. The van der Waals surface area contributed by atoms with E-state index in [4.69, 9.17) is 9.47 Å². The van der Waals surface area contributed by atoms with Gasteiger partial charge in [-0.25, -0.2) is 9.48 Å². The zero-order valence-electron chi connectivity index (χ0n) is 20.4. The first-order valence-electron chi connectivity index (χ1n) is 11.5. The molecule has 1 aromatic heterocycles. The Balaban J connectivity index is 1.66. The number of esters is 1. The van der Waals surface area contributed by atoms with Crippen molar-refractivity contribution in [2.45, 2.75) is 46.1 Å². The van der Waals surface area contributed by atoms with Crippen molar-refractivity contribution in [2.75, 3.05) is 20.3 Å². The monoisotopic (exact) mass is 461 g/mol. The fraction of sp³-hybridized carbons (Fsp3) is 0.370. The van der Waals surface area contributed by atoms with Crippen LogP contribution in [0.4, 0.5) is 0 Å². The first kappa shape index (κ1) is 23.5. The summed E-state index contributed by atoms with van der Waals surface area (Å²) in [5, 5.41) is 4.60. The predicted molar refractivity (Wildman–Crippen MR) is 130 cm³/mol. The summed E-state index contributed by atoms with van der Waals surface area (Å²) < 4.78 is 12.3. The number of amides is 1. The highest BCUT2D eigenvalue weighted by Gasteiger charge is 2.31. The maximum Gasteiger partial charge on any atom is 0.359 e. The molecule has 7 heteroatoms. The number of carbonyl (C=O) groups excluding carboxylic acids is 2. The van der Waals surface area contributed by atoms with Crippen molar-refractivity contribution >= 4 is 11.9 Å². The fourth-order valence-corrected chi connectivity index (χ4v) is 4.19. The molecule has 0 aliphatic carbocycles. The van der Waals surface area contributed by atoms with Crippen LogP contribution in [0.3, 0.4) is 0 Å². The number of methoxy groups -OCH3 is 1. The average Bonchev–Trinajstić information content (AvgIpc) is 3.22. The molecular weight excluding hydrogens is 430 g/mol. The molecule has 34 heavy (non-hydrogen) atoms. The quantitative estimate of drug-likeness (QED) is 0.521. The highest BCUT2D eigenvalue weighted by Crippen LogP contribution is 2.28. The summed E-state index contributed by atoms with van der Waals surface area (Å²) in [5.41, 5.74) is 4.57. The summed E-state index contributed by atoms with van der Waals surface area (Å²) in [6.45, 7) is 9.30. The van der Waals surface area contributed by atoms with Gasteiger partial charge in [-0.2, -0.15) is 5.10 Å². The smallest absolute Gasteiger partial charge is 0.359 e. The van der Waals surface area contributed by atoms with E-state index in [1.54, 1.807) is 23.6 Å². The molecule has 0 N–H and O–H groups in total. The molecule has 1 amide bonds. The molecule has 3 aromatic rings. The number of carbonyl (C=O) groups is 2. The normalized spacial score (nSPS) is 13.4. The van der Waals surface area contributed by atoms with E-state index >= 15 is 0 Å². The summed E-state index contributed by atoms with van der Waals surface area (Å²) in [4.78, 5) is 27.8. The molecule has 1 aliphatic heterocycles. The van der Waals surface area contributed by atoms with Crippen LogP contribution in [-0.2, 0) is 23.1 Å². The van der Waals surface area contributed by atoms with E-state index in [0.29, 0.717) is 25.1 Å². The van der Waals surface area contributed by atoms with Crippen molar-refractivity contribution < 1.29 is 19.1 Å². The van der Waals surface area contributed by atoms with E-state index < -0.39 is 5.97 Å². The number of ether oxygens (including phenoxy) is 2. The summed E-state index contributed by atoms with van der Waals surface area (Å²) in [5.74, 6) is 0.206. The second-order valence-electron chi connectivity index (χ2n) is 9.41. The minimum absolute atomic E-state index is 0.0200. The number of nitrogens with zero attached hydrogens (tertiary/aromatic N) is 3. The van der Waals surface area contributed by atoms with Crippen LogP contribution >= 0.6 is 0 Å². The van der Waals surface area contributed by atoms with Gasteiger partial charge in [-0.05, 0) is 54.3 Å². The number of aromatic nitrogens is 2. The molecule has 0 radical (unpaired) electrons. The number of rotatable bonds is 5. The number of fused-ring (bicyclic) bond motifs is 1. The average molecular weight is 462 g/mol. The van der Waals surface area contributed by atoms with Crippen molar-refractivity contribution in [1.29, 1.82) is 0 Å². The topological polar surface area (TPSA) is 73.7 Å². The Hall–Kier alpha value is -3.61. The second-order valence-corrected chi connectivity index (χ2v) is 9.41. The van der Waals surface area contributed by atoms with Crippen LogP contribution in [0, 0.1) is 0 Å². The van der Waals surface area contributed by atoms with Gasteiger partial charge in [-0.15, -0.1) is 0 Å². The number of hydrogen-bond acceptors (Lipinski definition) is 5. The van der Waals surface area contributed by atoms with Gasteiger partial charge >= 0.3 is 5.97 Å². The van der Waals surface area contributed by atoms with Gasteiger partial charge in [0, 0.05) is 24.1 Å². The van der Waals surface area contributed by atoms with Crippen LogP contribution < -0.4 is 4.74 Å². The lowest BCUT2D eigenvalue weighted by molar-refractivity contribution is 0.0513. The first-order valence-corrected chi connectivity index (χ1v) is 11.5. The predicted octanol–water partition coefficient (Wildman–Crippen LogP) is 4.55. The van der Waals surface area contributed by atoms with E-state index in [0.717, 1.165) is 22.7 Å². The lowest BCUT2D eigenvalue weighted by atomic mass is 9.86. The molecule has 178 valence electrons. The summed E-state index contributed by atoms with van der Waals surface area (Å²) in [6.07, 6.45) is 0.583. The molecule has 0 atom stereocenters. The molecule has 1 aliphatic rings. The Morgan fingerprint density at radius 3 is 2.29 bits per heavy atom. The van der Waals surface area contributed by atoms with E-state index in [9.17, 15) is 9.59 Å². The molecule has 2 heterocycles. The molecular formula is C27H31N3O4. The zero-order chi connectivity index (χ0) is 24.5. The highest BCUT2D eigenvalue weighted by atomic mass is 16.5. The minimum Gasteiger partial charge on any atom is -0.497 e. The van der Waals surface area contributed by atoms with Crippen LogP contribution in [0.1, 0.15) is 65.4 Å². The number of hydrogen-bond donors (Lipinski definition) is 0. The van der Waals surface area contributed by atoms with Crippen molar-refractivity contribution in [3.8, 4) is 11.4 Å². The minimum atomic E-state index is -0.477. The van der Waals surface area contributed by atoms with Crippen LogP contribution in [0.15, 0.2) is 48.5 Å². The van der Waals surface area contributed by atoms with Crippen LogP contribution in [0.25, 0.3) is 5.69 Å². The van der Waals surface area contributed by atoms with Gasteiger partial charge in [0.25, 0.3) is 5.91 Å². The Morgan fingerprint density at radius 2 is 1.71 bits per heavy atom. The molecule has 2 aromatic carbocycles. The van der Waals surface area contributed by atoms with Gasteiger partial charge in [0.1, 0.15) is 5.75 Å². The van der Waals surface area contributed by atoms with Gasteiger partial charge in [0.05, 0.1) is 31.6 Å². The van der Waals surface area contributed by atoms with Gasteiger partial charge < -0.3 is 14.4 Å². The Labute approximate surface area is 200 Å². The SMILES string of the molecule is CCOC(=O)c1nn(-c2ccc(OC)cc2)c2c1CN(C(=O)c1ccc(C(C)(C)C)cc1)CC2. The molecule has 0 bridgehead atoms. The van der Waals surface area contributed by atoms with Crippen molar-refractivity contribution in [3.63, 3.8) is 0 Å². The largest absolute Gasteiger partial charge is 0.497 e. The third-order valence-electron chi connectivity index (χ3n) is 6.13. The Bertz CT molecular complexity index is 1190. The molecule has 4 rings (SSSR count). The molecule has 0 saturated carbocycles. The van der Waals surface area contributed by atoms with Gasteiger partial charge in [-0.1, -0.05) is 32.9 Å². The first-order chi connectivity index (χ1) is 16.2. The van der Waals surface area contributed by atoms with Crippen molar-refractivity contribution in [3.05, 3.63) is 76.6 Å². The van der Waals surface area contributed by atoms with E-state index in [1.165, 1.54) is 5.56 Å². The van der Waals surface area contributed by atoms with E-state index in [-0.39, 0.29) is 23.6 Å². The molecule has 0 unspecified atom stereocenters. The molecule has 0 fully saturated rings. The fourth-order valence-electron chi connectivity index (χ4n) is 4.19. The lowest BCUT2D eigenvalue weighted by Gasteiger charge is -2.28. The second kappa shape index (κ2) is 9.33. The van der Waals surface area contributed by atoms with Crippen molar-refractivity contribution in [2.24, 2.45) is 0 Å². The zero-order valence-corrected chi connectivity index (χ0v) is 20.4. The lowest BCUT2D eigenvalue weighted by Crippen LogP contribution is -2.36. The highest BCUT2D eigenvalue weighted by molar-refractivity contribution is 5.95. The summed E-state index contributed by atoms with van der Waals surface area (Å²) >= 11 is 0. The third-order valence-corrected chi connectivity index (χ3v) is 6.13. The van der Waals surface area contributed by atoms with Crippen LogP contribution in [0.2, 0.25) is 0 Å². The Kier molecular flexibility index (Phi) is 6.46. The van der Waals surface area contributed by atoms with Gasteiger partial charge in [0.15, 0.2) is 5.69 Å². The van der Waals surface area contributed by atoms with Crippen molar-refractivity contribution in [1.82, 2.24) is 14.7 Å². The van der Waals surface area contributed by atoms with Gasteiger partial charge in [-0.3, -0.25) is 4.79 Å². The summed E-state index contributed by atoms with van der Waals surface area (Å²) in [7, 11) is 1.62. The van der Waals surface area contributed by atoms with E-state index in [2.05, 4.69) is 25.9 Å².